The summed E-state index contributed by atoms with van der Waals surface area (Å²) in [6, 6.07) is 25.8. The molecule has 0 radical (unpaired) electrons. The summed E-state index contributed by atoms with van der Waals surface area (Å²) in [6.45, 7) is 6.34. The molecule has 2 atom stereocenters. The van der Waals surface area contributed by atoms with Gasteiger partial charge in [0.15, 0.2) is 0 Å². The van der Waals surface area contributed by atoms with Gasteiger partial charge in [0, 0.05) is 32.0 Å². The third-order valence-corrected chi connectivity index (χ3v) is 8.14. The van der Waals surface area contributed by atoms with Gasteiger partial charge < -0.3 is 10.2 Å². The van der Waals surface area contributed by atoms with Crippen molar-refractivity contribution in [2.75, 3.05) is 17.1 Å². The molecule has 0 bridgehead atoms. The Balaban J connectivity index is 1.86. The molecule has 3 aromatic rings. The summed E-state index contributed by atoms with van der Waals surface area (Å²) in [4.78, 5) is 29.1. The number of nitrogens with one attached hydrogen (secondary N) is 1. The molecular formula is C32H41N3O4S. The number of carbonyl (C=O) groups is 2. The SMILES string of the molecule is CC[C@@H](C)NC(=O)[C@H](Cc1ccccc1)N(Cc1ccccc1)C(=O)CCCN(c1ccc(C)cc1)S(C)(=O)=O. The van der Waals surface area contributed by atoms with Gasteiger partial charge in [-0.2, -0.15) is 0 Å². The molecule has 0 aromatic heterocycles. The summed E-state index contributed by atoms with van der Waals surface area (Å²) in [5.74, 6) is -0.388. The number of amides is 2. The molecule has 0 heterocycles. The van der Waals surface area contributed by atoms with E-state index in [2.05, 4.69) is 5.32 Å². The highest BCUT2D eigenvalue weighted by Crippen LogP contribution is 2.21. The van der Waals surface area contributed by atoms with Crippen LogP contribution in [0.5, 0.6) is 0 Å². The van der Waals surface area contributed by atoms with E-state index in [1.165, 1.54) is 10.6 Å². The number of anilines is 1. The number of sulfonamides is 1. The van der Waals surface area contributed by atoms with Crippen LogP contribution < -0.4 is 9.62 Å². The molecule has 1 N–H and O–H groups in total. The maximum absolute atomic E-state index is 13.8. The molecule has 0 saturated carbocycles. The van der Waals surface area contributed by atoms with Crippen LogP contribution in [-0.2, 0) is 32.6 Å². The molecule has 0 aliphatic heterocycles. The zero-order valence-electron chi connectivity index (χ0n) is 23.9. The Morgan fingerprint density at radius 3 is 2.00 bits per heavy atom. The van der Waals surface area contributed by atoms with Crippen molar-refractivity contribution in [1.82, 2.24) is 10.2 Å². The summed E-state index contributed by atoms with van der Waals surface area (Å²) in [5, 5.41) is 3.07. The summed E-state index contributed by atoms with van der Waals surface area (Å²) in [5.41, 5.74) is 3.48. The molecule has 0 saturated heterocycles. The largest absolute Gasteiger partial charge is 0.352 e. The molecule has 40 heavy (non-hydrogen) atoms. The second-order valence-electron chi connectivity index (χ2n) is 10.3. The van der Waals surface area contributed by atoms with Crippen LogP contribution in [0.15, 0.2) is 84.9 Å². The lowest BCUT2D eigenvalue weighted by Gasteiger charge is -2.32. The Kier molecular flexibility index (Phi) is 11.3. The number of carbonyl (C=O) groups excluding carboxylic acids is 2. The van der Waals surface area contributed by atoms with Crippen LogP contribution in [0, 0.1) is 6.92 Å². The smallest absolute Gasteiger partial charge is 0.243 e. The van der Waals surface area contributed by atoms with E-state index in [4.69, 9.17) is 0 Å². The van der Waals surface area contributed by atoms with Gasteiger partial charge >= 0.3 is 0 Å². The fourth-order valence-electron chi connectivity index (χ4n) is 4.49. The van der Waals surface area contributed by atoms with Gasteiger partial charge in [0.1, 0.15) is 6.04 Å². The third-order valence-electron chi connectivity index (χ3n) is 6.94. The minimum atomic E-state index is -3.54. The van der Waals surface area contributed by atoms with Crippen LogP contribution in [0.25, 0.3) is 0 Å². The van der Waals surface area contributed by atoms with Crippen molar-refractivity contribution >= 4 is 27.5 Å². The van der Waals surface area contributed by atoms with E-state index in [1.807, 2.05) is 93.6 Å². The molecule has 7 nitrogen and oxygen atoms in total. The molecule has 2 amide bonds. The van der Waals surface area contributed by atoms with Gasteiger partial charge in [0.25, 0.3) is 0 Å². The lowest BCUT2D eigenvalue weighted by Crippen LogP contribution is -2.52. The topological polar surface area (TPSA) is 86.8 Å². The van der Waals surface area contributed by atoms with Gasteiger partial charge in [0.2, 0.25) is 21.8 Å². The van der Waals surface area contributed by atoms with E-state index in [1.54, 1.807) is 17.0 Å². The lowest BCUT2D eigenvalue weighted by atomic mass is 10.0. The second-order valence-corrected chi connectivity index (χ2v) is 12.2. The van der Waals surface area contributed by atoms with Crippen LogP contribution in [0.2, 0.25) is 0 Å². The van der Waals surface area contributed by atoms with Crippen molar-refractivity contribution in [3.63, 3.8) is 0 Å². The van der Waals surface area contributed by atoms with Crippen molar-refractivity contribution in [3.8, 4) is 0 Å². The first-order chi connectivity index (χ1) is 19.1. The average molecular weight is 564 g/mol. The van der Waals surface area contributed by atoms with Gasteiger partial charge in [-0.15, -0.1) is 0 Å². The zero-order valence-corrected chi connectivity index (χ0v) is 24.7. The highest BCUT2D eigenvalue weighted by Gasteiger charge is 2.31. The van der Waals surface area contributed by atoms with Gasteiger partial charge in [0.05, 0.1) is 11.9 Å². The first kappa shape index (κ1) is 30.9. The molecule has 8 heteroatoms. The molecular weight excluding hydrogens is 522 g/mol. The van der Waals surface area contributed by atoms with E-state index in [0.717, 1.165) is 23.1 Å². The van der Waals surface area contributed by atoms with E-state index >= 15 is 0 Å². The molecule has 214 valence electrons. The molecule has 0 unspecified atom stereocenters. The summed E-state index contributed by atoms with van der Waals surface area (Å²) in [6.07, 6.45) is 2.74. The number of rotatable bonds is 14. The number of hydrogen-bond acceptors (Lipinski definition) is 4. The maximum atomic E-state index is 13.8. The van der Waals surface area contributed by atoms with E-state index in [-0.39, 0.29) is 37.4 Å². The van der Waals surface area contributed by atoms with Gasteiger partial charge in [-0.25, -0.2) is 8.42 Å². The van der Waals surface area contributed by atoms with Crippen LogP contribution >= 0.6 is 0 Å². The Hall–Kier alpha value is -3.65. The lowest BCUT2D eigenvalue weighted by molar-refractivity contribution is -0.141. The predicted octanol–water partition coefficient (Wildman–Crippen LogP) is 5.10. The van der Waals surface area contributed by atoms with Crippen molar-refractivity contribution in [1.29, 1.82) is 0 Å². The Labute approximate surface area is 239 Å². The van der Waals surface area contributed by atoms with Crippen molar-refractivity contribution < 1.29 is 18.0 Å². The molecule has 3 rings (SSSR count). The highest BCUT2D eigenvalue weighted by molar-refractivity contribution is 7.92. The van der Waals surface area contributed by atoms with Crippen molar-refractivity contribution in [3.05, 3.63) is 102 Å². The van der Waals surface area contributed by atoms with Crippen LogP contribution in [0.3, 0.4) is 0 Å². The number of hydrogen-bond donors (Lipinski definition) is 1. The first-order valence-electron chi connectivity index (χ1n) is 13.8. The van der Waals surface area contributed by atoms with Gasteiger partial charge in [-0.05, 0) is 49.9 Å². The Morgan fingerprint density at radius 1 is 0.875 bits per heavy atom. The third kappa shape index (κ3) is 9.23. The minimum absolute atomic E-state index is 0.0303. The van der Waals surface area contributed by atoms with Crippen LogP contribution in [0.4, 0.5) is 5.69 Å². The Bertz CT molecular complexity index is 1330. The van der Waals surface area contributed by atoms with Crippen LogP contribution in [-0.4, -0.2) is 50.0 Å². The fourth-order valence-corrected chi connectivity index (χ4v) is 5.46. The molecule has 0 aliphatic carbocycles. The normalized spacial score (nSPS) is 12.8. The Morgan fingerprint density at radius 2 is 1.45 bits per heavy atom. The quantitative estimate of drug-likeness (QED) is 0.296. The van der Waals surface area contributed by atoms with Crippen LogP contribution in [0.1, 0.15) is 49.8 Å². The maximum Gasteiger partial charge on any atom is 0.243 e. The van der Waals surface area contributed by atoms with Gasteiger partial charge in [-0.3, -0.25) is 13.9 Å². The highest BCUT2D eigenvalue weighted by atomic mass is 32.2. The molecule has 0 fully saturated rings. The first-order valence-corrected chi connectivity index (χ1v) is 15.7. The van der Waals surface area contributed by atoms with Crippen molar-refractivity contribution in [2.24, 2.45) is 0 Å². The number of benzene rings is 3. The summed E-state index contributed by atoms with van der Waals surface area (Å²) >= 11 is 0. The van der Waals surface area contributed by atoms with E-state index in [0.29, 0.717) is 18.5 Å². The van der Waals surface area contributed by atoms with E-state index < -0.39 is 16.1 Å². The monoisotopic (exact) mass is 563 g/mol. The molecule has 0 spiro atoms. The van der Waals surface area contributed by atoms with Crippen molar-refractivity contribution in [2.45, 2.75) is 65.1 Å². The number of aryl methyl sites for hydroxylation is 1. The van der Waals surface area contributed by atoms with Gasteiger partial charge in [-0.1, -0.05) is 85.3 Å². The fraction of sp³-hybridized carbons (Fsp3) is 0.375. The summed E-state index contributed by atoms with van der Waals surface area (Å²) < 4.78 is 26.5. The average Bonchev–Trinajstić information content (AvgIpc) is 2.94. The minimum Gasteiger partial charge on any atom is -0.352 e. The molecule has 3 aromatic carbocycles. The zero-order chi connectivity index (χ0) is 29.1. The molecule has 0 aliphatic rings. The summed E-state index contributed by atoms with van der Waals surface area (Å²) in [7, 11) is -3.54. The van der Waals surface area contributed by atoms with E-state index in [9.17, 15) is 18.0 Å². The number of nitrogens with zero attached hydrogens (tertiary/aromatic N) is 2. The standard InChI is InChI=1S/C32H41N3O4S/c1-5-26(3)33-32(37)30(23-27-13-8-6-9-14-27)34(24-28-15-10-7-11-16-28)31(36)17-12-22-35(40(4,38)39)29-20-18-25(2)19-21-29/h6-11,13-16,18-21,26,30H,5,12,17,22-24H2,1-4H3,(H,33,37)/t26-,30+/m1/s1. The predicted molar refractivity (Wildman–Crippen MR) is 161 cm³/mol. The second kappa shape index (κ2) is 14.7.